The van der Waals surface area contributed by atoms with Crippen molar-refractivity contribution < 1.29 is 0 Å². The van der Waals surface area contributed by atoms with E-state index in [-0.39, 0.29) is 12.1 Å². The van der Waals surface area contributed by atoms with Crippen LogP contribution >= 0.6 is 0 Å². The van der Waals surface area contributed by atoms with Gasteiger partial charge >= 0.3 is 0 Å². The molecule has 2 N–H and O–H groups in total. The van der Waals surface area contributed by atoms with Gasteiger partial charge in [0.15, 0.2) is 0 Å². The van der Waals surface area contributed by atoms with Gasteiger partial charge in [-0.1, -0.05) is 0 Å². The van der Waals surface area contributed by atoms with Gasteiger partial charge in [0.1, 0.15) is 6.54 Å². The molecule has 4 heteroatoms. The standard InChI is InChI=1S/C7H7N3O/c8-2-4-10-3-1-6(9)5-7(10)11/h1,3,5H,4,9H2. The van der Waals surface area contributed by atoms with E-state index in [1.807, 2.05) is 6.07 Å². The van der Waals surface area contributed by atoms with E-state index in [1.165, 1.54) is 16.8 Å². The summed E-state index contributed by atoms with van der Waals surface area (Å²) in [6.45, 7) is 0.0686. The van der Waals surface area contributed by atoms with Crippen molar-refractivity contribution in [2.24, 2.45) is 0 Å². The van der Waals surface area contributed by atoms with Gasteiger partial charge < -0.3 is 10.3 Å². The first-order chi connectivity index (χ1) is 5.24. The summed E-state index contributed by atoms with van der Waals surface area (Å²) in [4.78, 5) is 11.0. The van der Waals surface area contributed by atoms with E-state index in [0.717, 1.165) is 0 Å². The zero-order valence-corrected chi connectivity index (χ0v) is 5.82. The molecule has 0 atom stereocenters. The van der Waals surface area contributed by atoms with Crippen LogP contribution in [0.2, 0.25) is 0 Å². The summed E-state index contributed by atoms with van der Waals surface area (Å²) in [5, 5.41) is 8.27. The first-order valence-corrected chi connectivity index (χ1v) is 3.07. The van der Waals surface area contributed by atoms with Gasteiger partial charge in [0, 0.05) is 18.0 Å². The van der Waals surface area contributed by atoms with Crippen molar-refractivity contribution in [3.8, 4) is 6.07 Å². The number of hydrogen-bond acceptors (Lipinski definition) is 3. The van der Waals surface area contributed by atoms with Gasteiger partial charge in [-0.05, 0) is 6.07 Å². The van der Waals surface area contributed by atoms with Gasteiger partial charge in [-0.2, -0.15) is 5.26 Å². The summed E-state index contributed by atoms with van der Waals surface area (Å²) in [6.07, 6.45) is 1.50. The van der Waals surface area contributed by atoms with Crippen molar-refractivity contribution in [3.05, 3.63) is 28.7 Å². The molecular weight excluding hydrogens is 142 g/mol. The van der Waals surface area contributed by atoms with Gasteiger partial charge in [-0.15, -0.1) is 0 Å². The molecule has 0 aliphatic heterocycles. The fraction of sp³-hybridized carbons (Fsp3) is 0.143. The molecular formula is C7H7N3O. The number of pyridine rings is 1. The molecule has 1 aromatic heterocycles. The van der Waals surface area contributed by atoms with Gasteiger partial charge in [0.2, 0.25) is 0 Å². The van der Waals surface area contributed by atoms with Crippen LogP contribution in [0.25, 0.3) is 0 Å². The molecule has 1 aromatic rings. The van der Waals surface area contributed by atoms with Crippen molar-refractivity contribution >= 4 is 5.69 Å². The predicted octanol–water partition coefficient (Wildman–Crippen LogP) is -0.0459. The highest BCUT2D eigenvalue weighted by Crippen LogP contribution is 1.93. The minimum atomic E-state index is -0.244. The van der Waals surface area contributed by atoms with Crippen molar-refractivity contribution in [1.82, 2.24) is 4.57 Å². The number of hydrogen-bond donors (Lipinski definition) is 1. The molecule has 0 spiro atoms. The average molecular weight is 149 g/mol. The zero-order valence-electron chi connectivity index (χ0n) is 5.82. The second-order valence-corrected chi connectivity index (χ2v) is 2.08. The van der Waals surface area contributed by atoms with Crippen molar-refractivity contribution in [3.63, 3.8) is 0 Å². The summed E-state index contributed by atoms with van der Waals surface area (Å²) in [6, 6.07) is 4.74. The molecule has 1 rings (SSSR count). The average Bonchev–Trinajstić information content (AvgIpc) is 1.95. The lowest BCUT2D eigenvalue weighted by molar-refractivity contribution is 0.789. The van der Waals surface area contributed by atoms with Gasteiger partial charge in [-0.25, -0.2) is 0 Å². The van der Waals surface area contributed by atoms with Crippen LogP contribution in [0.1, 0.15) is 0 Å². The number of nitrogen functional groups attached to an aromatic ring is 1. The second kappa shape index (κ2) is 2.88. The number of nitrogens with two attached hydrogens (primary N) is 1. The Hall–Kier alpha value is -1.76. The number of nitrogens with zero attached hydrogens (tertiary/aromatic N) is 2. The van der Waals surface area contributed by atoms with Crippen LogP contribution in [0.15, 0.2) is 23.1 Å². The van der Waals surface area contributed by atoms with Crippen LogP contribution in [0.3, 0.4) is 0 Å². The van der Waals surface area contributed by atoms with E-state index in [2.05, 4.69) is 0 Å². The van der Waals surface area contributed by atoms with E-state index < -0.39 is 0 Å². The van der Waals surface area contributed by atoms with E-state index in [1.54, 1.807) is 6.07 Å². The fourth-order valence-corrected chi connectivity index (χ4v) is 0.730. The first kappa shape index (κ1) is 7.35. The van der Waals surface area contributed by atoms with E-state index in [9.17, 15) is 4.79 Å². The largest absolute Gasteiger partial charge is 0.399 e. The van der Waals surface area contributed by atoms with Crippen LogP contribution in [0.5, 0.6) is 0 Å². The maximum Gasteiger partial charge on any atom is 0.253 e. The van der Waals surface area contributed by atoms with Gasteiger partial charge in [-0.3, -0.25) is 4.79 Å². The molecule has 0 amide bonds. The Balaban J connectivity index is 3.12. The third kappa shape index (κ3) is 1.58. The van der Waals surface area contributed by atoms with E-state index >= 15 is 0 Å². The van der Waals surface area contributed by atoms with Crippen LogP contribution in [-0.4, -0.2) is 4.57 Å². The molecule has 11 heavy (non-hydrogen) atoms. The minimum absolute atomic E-state index is 0.0686. The van der Waals surface area contributed by atoms with Crippen LogP contribution in [0.4, 0.5) is 5.69 Å². The first-order valence-electron chi connectivity index (χ1n) is 3.07. The Kier molecular flexibility index (Phi) is 1.93. The molecule has 0 saturated carbocycles. The minimum Gasteiger partial charge on any atom is -0.399 e. The summed E-state index contributed by atoms with van der Waals surface area (Å²) in [5.74, 6) is 0. The van der Waals surface area contributed by atoms with Crippen LogP contribution in [0, 0.1) is 11.3 Å². The third-order valence-corrected chi connectivity index (χ3v) is 1.26. The molecule has 0 aliphatic carbocycles. The maximum atomic E-state index is 11.0. The number of rotatable bonds is 1. The lowest BCUT2D eigenvalue weighted by atomic mass is 10.4. The predicted molar refractivity (Wildman–Crippen MR) is 40.7 cm³/mol. The third-order valence-electron chi connectivity index (χ3n) is 1.26. The Morgan fingerprint density at radius 3 is 3.00 bits per heavy atom. The quantitative estimate of drug-likeness (QED) is 0.608. The zero-order chi connectivity index (χ0) is 8.27. The highest BCUT2D eigenvalue weighted by Gasteiger charge is 1.92. The normalized spacial score (nSPS) is 9.00. The van der Waals surface area contributed by atoms with E-state index in [4.69, 9.17) is 11.0 Å². The molecule has 0 bridgehead atoms. The Labute approximate surface area is 63.5 Å². The summed E-state index contributed by atoms with van der Waals surface area (Å²) in [7, 11) is 0. The lowest BCUT2D eigenvalue weighted by Gasteiger charge is -1.97. The number of aromatic nitrogens is 1. The fourth-order valence-electron chi connectivity index (χ4n) is 0.730. The Morgan fingerprint density at radius 2 is 2.45 bits per heavy atom. The SMILES string of the molecule is N#CCn1ccc(N)cc1=O. The summed E-state index contributed by atoms with van der Waals surface area (Å²) >= 11 is 0. The van der Waals surface area contributed by atoms with Crippen LogP contribution in [-0.2, 0) is 6.54 Å². The van der Waals surface area contributed by atoms with Crippen LogP contribution < -0.4 is 11.3 Å². The monoisotopic (exact) mass is 149 g/mol. The molecule has 0 aliphatic rings. The molecule has 4 nitrogen and oxygen atoms in total. The van der Waals surface area contributed by atoms with Crippen molar-refractivity contribution in [2.45, 2.75) is 6.54 Å². The lowest BCUT2D eigenvalue weighted by Crippen LogP contribution is -2.18. The molecule has 0 aromatic carbocycles. The molecule has 0 unspecified atom stereocenters. The Morgan fingerprint density at radius 1 is 1.73 bits per heavy atom. The molecule has 0 saturated heterocycles. The smallest absolute Gasteiger partial charge is 0.253 e. The Bertz CT molecular complexity index is 347. The maximum absolute atomic E-state index is 11.0. The molecule has 56 valence electrons. The molecule has 0 fully saturated rings. The van der Waals surface area contributed by atoms with E-state index in [0.29, 0.717) is 5.69 Å². The summed E-state index contributed by atoms with van der Waals surface area (Å²) < 4.78 is 1.29. The second-order valence-electron chi connectivity index (χ2n) is 2.08. The number of anilines is 1. The topological polar surface area (TPSA) is 71.8 Å². The highest BCUT2D eigenvalue weighted by molar-refractivity contribution is 5.34. The molecule has 1 heterocycles. The van der Waals surface area contributed by atoms with Crippen molar-refractivity contribution in [2.75, 3.05) is 5.73 Å². The van der Waals surface area contributed by atoms with Gasteiger partial charge in [0.25, 0.3) is 5.56 Å². The molecule has 0 radical (unpaired) electrons. The van der Waals surface area contributed by atoms with Gasteiger partial charge in [0.05, 0.1) is 6.07 Å². The highest BCUT2D eigenvalue weighted by atomic mass is 16.1. The summed E-state index contributed by atoms with van der Waals surface area (Å²) in [5.41, 5.74) is 5.50. The van der Waals surface area contributed by atoms with Crippen molar-refractivity contribution in [1.29, 1.82) is 5.26 Å². The number of nitriles is 1.